The van der Waals surface area contributed by atoms with Crippen LogP contribution in [0.2, 0.25) is 0 Å². The molecule has 2 fully saturated rings. The number of benzene rings is 1. The van der Waals surface area contributed by atoms with Gasteiger partial charge in [-0.3, -0.25) is 9.69 Å². The minimum Gasteiger partial charge on any atom is -0.462 e. The summed E-state index contributed by atoms with van der Waals surface area (Å²) in [7, 11) is 8.39. The van der Waals surface area contributed by atoms with Gasteiger partial charge in [0.1, 0.15) is 13.4 Å². The summed E-state index contributed by atoms with van der Waals surface area (Å²) in [6.07, 6.45) is 2.68. The normalized spacial score (nSPS) is 19.5. The maximum absolute atomic E-state index is 9.60. The molecule has 0 aromatic heterocycles. The predicted molar refractivity (Wildman–Crippen MR) is 100 cm³/mol. The van der Waals surface area contributed by atoms with E-state index in [2.05, 4.69) is 46.7 Å². The molecule has 3 rings (SSSR count). The van der Waals surface area contributed by atoms with Crippen LogP contribution in [0.25, 0.3) is 0 Å². The highest BCUT2D eigenvalue weighted by Gasteiger charge is 2.49. The second-order valence-corrected chi connectivity index (χ2v) is 7.96. The number of hydrogen-bond donors (Lipinski definition) is 0. The fourth-order valence-corrected chi connectivity index (χ4v) is 3.06. The fourth-order valence-electron chi connectivity index (χ4n) is 3.06. The summed E-state index contributed by atoms with van der Waals surface area (Å²) < 4.78 is 4.55. The van der Waals surface area contributed by atoms with Crippen molar-refractivity contribution in [1.82, 2.24) is 4.90 Å². The first-order valence-corrected chi connectivity index (χ1v) is 8.61. The number of carbonyl (C=O) groups excluding carboxylic acids is 1. The van der Waals surface area contributed by atoms with E-state index in [9.17, 15) is 4.79 Å². The molecular formula is C19H29BN2O2. The molecule has 0 unspecified atom stereocenters. The molecule has 0 bridgehead atoms. The van der Waals surface area contributed by atoms with Gasteiger partial charge in [0.2, 0.25) is 0 Å². The van der Waals surface area contributed by atoms with E-state index in [1.54, 1.807) is 0 Å². The number of likely N-dealkylation sites (N-methyl/N-ethyl adjacent to an activating group) is 1. The maximum Gasteiger partial charge on any atom is 0.293 e. The highest BCUT2D eigenvalue weighted by atomic mass is 16.5. The van der Waals surface area contributed by atoms with E-state index in [-0.39, 0.29) is 5.60 Å². The molecule has 1 aromatic carbocycles. The number of carbonyl (C=O) groups is 1. The minimum absolute atomic E-state index is 0.318. The standard InChI is InChI=1S/C14H19BN2.C5H10O2/c1-11-3-4-13(12(15)9-11)17-8-7-16(2)14(10-17)5-6-14;1-5(2,3)7-4-6/h3-4,9H,5-8,10H2,1-2H3;4H,1-3H3. The zero-order valence-electron chi connectivity index (χ0n) is 15.6. The lowest BCUT2D eigenvalue weighted by atomic mass is 9.91. The Bertz CT molecular complexity index is 579. The van der Waals surface area contributed by atoms with Gasteiger partial charge in [-0.1, -0.05) is 23.2 Å². The Kier molecular flexibility index (Phi) is 5.64. The highest BCUT2D eigenvalue weighted by molar-refractivity contribution is 6.36. The quantitative estimate of drug-likeness (QED) is 0.614. The molecule has 1 aliphatic carbocycles. The van der Waals surface area contributed by atoms with Gasteiger partial charge in [0.25, 0.3) is 6.47 Å². The lowest BCUT2D eigenvalue weighted by Crippen LogP contribution is -2.54. The molecule has 0 N–H and O–H groups in total. The molecule has 0 atom stereocenters. The van der Waals surface area contributed by atoms with Crippen molar-refractivity contribution in [2.75, 3.05) is 31.6 Å². The van der Waals surface area contributed by atoms with Gasteiger partial charge < -0.3 is 9.64 Å². The number of nitrogens with zero attached hydrogens (tertiary/aromatic N) is 2. The molecule has 4 nitrogen and oxygen atoms in total. The number of ether oxygens (including phenoxy) is 1. The Hall–Kier alpha value is -1.49. The Labute approximate surface area is 147 Å². The van der Waals surface area contributed by atoms with Crippen molar-refractivity contribution in [2.45, 2.75) is 51.7 Å². The molecule has 130 valence electrons. The van der Waals surface area contributed by atoms with E-state index in [1.165, 1.54) is 24.1 Å². The molecule has 1 saturated heterocycles. The maximum atomic E-state index is 9.60. The number of piperazine rings is 1. The van der Waals surface area contributed by atoms with Crippen LogP contribution in [0.1, 0.15) is 39.2 Å². The van der Waals surface area contributed by atoms with Crippen LogP contribution >= 0.6 is 0 Å². The molecule has 1 aliphatic heterocycles. The van der Waals surface area contributed by atoms with Crippen molar-refractivity contribution in [3.05, 3.63) is 23.8 Å². The minimum atomic E-state index is -0.318. The van der Waals surface area contributed by atoms with E-state index in [0.29, 0.717) is 12.0 Å². The second-order valence-electron chi connectivity index (χ2n) is 7.96. The third-order valence-corrected chi connectivity index (χ3v) is 4.75. The average Bonchev–Trinajstić information content (AvgIpc) is 3.22. The number of hydrogen-bond acceptors (Lipinski definition) is 4. The van der Waals surface area contributed by atoms with Crippen molar-refractivity contribution >= 4 is 25.5 Å². The van der Waals surface area contributed by atoms with Crippen LogP contribution in [-0.4, -0.2) is 57.0 Å². The molecule has 5 heteroatoms. The first-order chi connectivity index (χ1) is 11.2. The topological polar surface area (TPSA) is 32.8 Å². The number of anilines is 1. The molecule has 2 radical (unpaired) electrons. The van der Waals surface area contributed by atoms with Crippen molar-refractivity contribution in [3.63, 3.8) is 0 Å². The van der Waals surface area contributed by atoms with Crippen molar-refractivity contribution in [2.24, 2.45) is 0 Å². The van der Waals surface area contributed by atoms with Crippen LogP contribution in [0.5, 0.6) is 0 Å². The fraction of sp³-hybridized carbons (Fsp3) is 0.632. The largest absolute Gasteiger partial charge is 0.462 e. The van der Waals surface area contributed by atoms with Crippen LogP contribution in [0.15, 0.2) is 18.2 Å². The SMILES string of the molecule is CC(C)(C)OC=O.[B]c1cc(C)ccc1N1CCN(C)C2(CC2)C1. The van der Waals surface area contributed by atoms with Crippen LogP contribution in [-0.2, 0) is 9.53 Å². The summed E-state index contributed by atoms with van der Waals surface area (Å²) in [6, 6.07) is 6.41. The number of rotatable bonds is 2. The highest BCUT2D eigenvalue weighted by Crippen LogP contribution is 2.43. The molecular weight excluding hydrogens is 299 g/mol. The van der Waals surface area contributed by atoms with Gasteiger partial charge >= 0.3 is 0 Å². The lowest BCUT2D eigenvalue weighted by molar-refractivity contribution is -0.138. The summed E-state index contributed by atoms with van der Waals surface area (Å²) in [5, 5.41) is 0. The van der Waals surface area contributed by atoms with E-state index in [1.807, 2.05) is 20.8 Å². The Morgan fingerprint density at radius 1 is 1.25 bits per heavy atom. The van der Waals surface area contributed by atoms with Gasteiger partial charge in [0.05, 0.1) is 0 Å². The second kappa shape index (κ2) is 7.18. The molecule has 24 heavy (non-hydrogen) atoms. The summed E-state index contributed by atoms with van der Waals surface area (Å²) in [5.74, 6) is 0. The van der Waals surface area contributed by atoms with E-state index >= 15 is 0 Å². The van der Waals surface area contributed by atoms with E-state index in [0.717, 1.165) is 25.1 Å². The van der Waals surface area contributed by atoms with Gasteiger partial charge in [-0.25, -0.2) is 0 Å². The predicted octanol–water partition coefficient (Wildman–Crippen LogP) is 2.03. The van der Waals surface area contributed by atoms with Crippen LogP contribution in [0.3, 0.4) is 0 Å². The Morgan fingerprint density at radius 2 is 1.92 bits per heavy atom. The van der Waals surface area contributed by atoms with Crippen LogP contribution < -0.4 is 10.4 Å². The smallest absolute Gasteiger partial charge is 0.293 e. The summed E-state index contributed by atoms with van der Waals surface area (Å²) in [5.41, 5.74) is 3.51. The Balaban J connectivity index is 0.000000256. The summed E-state index contributed by atoms with van der Waals surface area (Å²) in [6.45, 7) is 11.4. The van der Waals surface area contributed by atoms with Gasteiger partial charge in [-0.15, -0.1) is 0 Å². The zero-order chi connectivity index (χ0) is 18.0. The average molecular weight is 328 g/mol. The molecule has 1 aromatic rings. The van der Waals surface area contributed by atoms with E-state index in [4.69, 9.17) is 7.85 Å². The van der Waals surface area contributed by atoms with Gasteiger partial charge in [0, 0.05) is 30.9 Å². The Morgan fingerprint density at radius 3 is 2.38 bits per heavy atom. The third-order valence-electron chi connectivity index (χ3n) is 4.75. The van der Waals surface area contributed by atoms with Crippen molar-refractivity contribution in [3.8, 4) is 0 Å². The zero-order valence-corrected chi connectivity index (χ0v) is 15.6. The summed E-state index contributed by atoms with van der Waals surface area (Å²) in [4.78, 5) is 14.6. The van der Waals surface area contributed by atoms with E-state index < -0.39 is 0 Å². The number of aryl methyl sites for hydroxylation is 1. The third kappa shape index (κ3) is 4.76. The first kappa shape index (κ1) is 18.8. The molecule has 1 saturated carbocycles. The molecule has 2 aliphatic rings. The van der Waals surface area contributed by atoms with Gasteiger partial charge in [-0.2, -0.15) is 0 Å². The van der Waals surface area contributed by atoms with Gasteiger partial charge in [0.15, 0.2) is 0 Å². The first-order valence-electron chi connectivity index (χ1n) is 8.61. The molecule has 1 heterocycles. The lowest BCUT2D eigenvalue weighted by Gasteiger charge is -2.42. The van der Waals surface area contributed by atoms with Crippen LogP contribution in [0, 0.1) is 6.92 Å². The molecule has 0 amide bonds. The van der Waals surface area contributed by atoms with Gasteiger partial charge in [-0.05, 0) is 53.7 Å². The van der Waals surface area contributed by atoms with Crippen molar-refractivity contribution in [1.29, 1.82) is 0 Å². The van der Waals surface area contributed by atoms with Crippen molar-refractivity contribution < 1.29 is 9.53 Å². The summed E-state index contributed by atoms with van der Waals surface area (Å²) >= 11 is 0. The van der Waals surface area contributed by atoms with Crippen LogP contribution in [0.4, 0.5) is 5.69 Å². The molecule has 1 spiro atoms. The monoisotopic (exact) mass is 328 g/mol.